The van der Waals surface area contributed by atoms with E-state index in [1.807, 2.05) is 19.1 Å². The van der Waals surface area contributed by atoms with Crippen molar-refractivity contribution >= 4 is 45.7 Å². The summed E-state index contributed by atoms with van der Waals surface area (Å²) in [6.45, 7) is 8.45. The summed E-state index contributed by atoms with van der Waals surface area (Å²) >= 11 is 0. The SMILES string of the molecule is CCNC(=NCc1ccc(C(=O)N(C)C)cc1)NCCS(=O)(=O)C(C)(C)C.I. The van der Waals surface area contributed by atoms with Crippen LogP contribution in [0.2, 0.25) is 0 Å². The Hall–Kier alpha value is -1.36. The van der Waals surface area contributed by atoms with Crippen molar-refractivity contribution in [3.63, 3.8) is 0 Å². The molecular weight excluding hydrogens is 491 g/mol. The fraction of sp³-hybridized carbons (Fsp3) is 0.579. The average molecular weight is 524 g/mol. The minimum atomic E-state index is -3.18. The molecule has 2 N–H and O–H groups in total. The van der Waals surface area contributed by atoms with Crippen LogP contribution >= 0.6 is 24.0 Å². The minimum Gasteiger partial charge on any atom is -0.357 e. The Labute approximate surface area is 186 Å². The summed E-state index contributed by atoms with van der Waals surface area (Å²) in [4.78, 5) is 17.9. The topological polar surface area (TPSA) is 90.9 Å². The maximum absolute atomic E-state index is 12.2. The number of nitrogens with one attached hydrogen (secondary N) is 2. The van der Waals surface area contributed by atoms with Gasteiger partial charge in [0.25, 0.3) is 5.91 Å². The van der Waals surface area contributed by atoms with E-state index in [-0.39, 0.29) is 35.6 Å². The Bertz CT molecular complexity index is 754. The molecule has 0 aromatic heterocycles. The number of guanidine groups is 1. The molecule has 0 radical (unpaired) electrons. The molecule has 1 rings (SSSR count). The van der Waals surface area contributed by atoms with Crippen LogP contribution in [0, 0.1) is 0 Å². The Morgan fingerprint density at radius 1 is 1.11 bits per heavy atom. The van der Waals surface area contributed by atoms with Crippen LogP contribution in [0.1, 0.15) is 43.6 Å². The summed E-state index contributed by atoms with van der Waals surface area (Å²) in [6.07, 6.45) is 0. The van der Waals surface area contributed by atoms with Crippen LogP contribution in [0.25, 0.3) is 0 Å². The smallest absolute Gasteiger partial charge is 0.253 e. The molecule has 0 aliphatic rings. The third kappa shape index (κ3) is 8.34. The zero-order chi connectivity index (χ0) is 20.7. The van der Waals surface area contributed by atoms with Crippen molar-refractivity contribution in [2.45, 2.75) is 39.0 Å². The largest absolute Gasteiger partial charge is 0.357 e. The lowest BCUT2D eigenvalue weighted by molar-refractivity contribution is 0.0827. The van der Waals surface area contributed by atoms with E-state index >= 15 is 0 Å². The number of carbonyl (C=O) groups excluding carboxylic acids is 1. The summed E-state index contributed by atoms with van der Waals surface area (Å²) < 4.78 is 23.6. The molecule has 1 amide bonds. The Kier molecular flexibility index (Phi) is 11.0. The lowest BCUT2D eigenvalue weighted by Gasteiger charge is -2.19. The molecule has 0 saturated carbocycles. The maximum atomic E-state index is 12.2. The van der Waals surface area contributed by atoms with Gasteiger partial charge in [-0.15, -0.1) is 24.0 Å². The van der Waals surface area contributed by atoms with E-state index in [1.165, 1.54) is 4.90 Å². The minimum absolute atomic E-state index is 0. The van der Waals surface area contributed by atoms with Gasteiger partial charge in [0.15, 0.2) is 15.8 Å². The number of halogens is 1. The summed E-state index contributed by atoms with van der Waals surface area (Å²) in [7, 11) is 0.257. The van der Waals surface area contributed by atoms with Gasteiger partial charge in [0.1, 0.15) is 0 Å². The number of hydrogen-bond acceptors (Lipinski definition) is 4. The predicted octanol–water partition coefficient (Wildman–Crippen LogP) is 2.27. The second kappa shape index (κ2) is 11.6. The Morgan fingerprint density at radius 3 is 2.14 bits per heavy atom. The Balaban J connectivity index is 0.00000729. The van der Waals surface area contributed by atoms with Gasteiger partial charge in [-0.25, -0.2) is 13.4 Å². The van der Waals surface area contributed by atoms with Crippen LogP contribution < -0.4 is 10.6 Å². The Morgan fingerprint density at radius 2 is 1.68 bits per heavy atom. The molecule has 0 atom stereocenters. The highest BCUT2D eigenvalue weighted by Gasteiger charge is 2.28. The molecule has 0 aliphatic carbocycles. The van der Waals surface area contributed by atoms with E-state index in [2.05, 4.69) is 15.6 Å². The molecule has 0 heterocycles. The number of rotatable bonds is 7. The lowest BCUT2D eigenvalue weighted by atomic mass is 10.1. The highest BCUT2D eigenvalue weighted by atomic mass is 127. The number of amides is 1. The first-order valence-electron chi connectivity index (χ1n) is 9.03. The van der Waals surface area contributed by atoms with Crippen LogP contribution in [0.5, 0.6) is 0 Å². The van der Waals surface area contributed by atoms with E-state index < -0.39 is 14.6 Å². The fourth-order valence-electron chi connectivity index (χ4n) is 2.13. The van der Waals surface area contributed by atoms with Crippen molar-refractivity contribution in [2.75, 3.05) is 32.9 Å². The van der Waals surface area contributed by atoms with E-state index in [9.17, 15) is 13.2 Å². The van der Waals surface area contributed by atoms with Gasteiger partial charge in [0, 0.05) is 32.7 Å². The van der Waals surface area contributed by atoms with Gasteiger partial charge in [0.2, 0.25) is 0 Å². The van der Waals surface area contributed by atoms with Crippen molar-refractivity contribution in [3.8, 4) is 0 Å². The van der Waals surface area contributed by atoms with Crippen LogP contribution in [0.3, 0.4) is 0 Å². The number of sulfone groups is 1. The van der Waals surface area contributed by atoms with Crippen molar-refractivity contribution in [1.29, 1.82) is 0 Å². The standard InChI is InChI=1S/C19H32N4O3S.HI/c1-7-20-18(21-12-13-27(25,26)19(2,3)4)22-14-15-8-10-16(11-9-15)17(24)23(5)6;/h8-11H,7,12-14H2,1-6H3,(H2,20,21,22);1H. The lowest BCUT2D eigenvalue weighted by Crippen LogP contribution is -2.41. The molecule has 1 aromatic rings. The molecule has 1 aromatic carbocycles. The third-order valence-corrected chi connectivity index (χ3v) is 6.57. The quantitative estimate of drug-likeness (QED) is 0.325. The summed E-state index contributed by atoms with van der Waals surface area (Å²) in [6, 6.07) is 7.30. The molecule has 160 valence electrons. The van der Waals surface area contributed by atoms with Gasteiger partial charge < -0.3 is 15.5 Å². The highest BCUT2D eigenvalue weighted by Crippen LogP contribution is 2.15. The van der Waals surface area contributed by atoms with Gasteiger partial charge in [-0.3, -0.25) is 4.79 Å². The van der Waals surface area contributed by atoms with Gasteiger partial charge in [-0.1, -0.05) is 12.1 Å². The van der Waals surface area contributed by atoms with E-state index in [1.54, 1.807) is 47.0 Å². The van der Waals surface area contributed by atoms with E-state index in [0.717, 1.165) is 5.56 Å². The van der Waals surface area contributed by atoms with Gasteiger partial charge in [-0.05, 0) is 45.4 Å². The maximum Gasteiger partial charge on any atom is 0.253 e. The van der Waals surface area contributed by atoms with Gasteiger partial charge in [-0.2, -0.15) is 0 Å². The van der Waals surface area contributed by atoms with Gasteiger partial charge >= 0.3 is 0 Å². The molecule has 0 bridgehead atoms. The highest BCUT2D eigenvalue weighted by molar-refractivity contribution is 14.0. The molecule has 0 spiro atoms. The van der Waals surface area contributed by atoms with E-state index in [0.29, 0.717) is 31.2 Å². The zero-order valence-electron chi connectivity index (χ0n) is 17.6. The fourth-order valence-corrected chi connectivity index (χ4v) is 3.12. The number of aliphatic imine (C=N–C) groups is 1. The van der Waals surface area contributed by atoms with Crippen molar-refractivity contribution in [2.24, 2.45) is 4.99 Å². The van der Waals surface area contributed by atoms with Crippen LogP contribution in [-0.2, 0) is 16.4 Å². The average Bonchev–Trinajstić information content (AvgIpc) is 2.58. The van der Waals surface area contributed by atoms with Crippen molar-refractivity contribution in [3.05, 3.63) is 35.4 Å². The van der Waals surface area contributed by atoms with E-state index in [4.69, 9.17) is 0 Å². The molecule has 7 nitrogen and oxygen atoms in total. The van der Waals surface area contributed by atoms with Crippen LogP contribution in [0.15, 0.2) is 29.3 Å². The number of nitrogens with zero attached hydrogens (tertiary/aromatic N) is 2. The molecular formula is C19H33IN4O3S. The van der Waals surface area contributed by atoms with Crippen LogP contribution in [-0.4, -0.2) is 62.9 Å². The van der Waals surface area contributed by atoms with Crippen LogP contribution in [0.4, 0.5) is 0 Å². The summed E-state index contributed by atoms with van der Waals surface area (Å²) in [5, 5.41) is 6.17. The third-order valence-electron chi connectivity index (χ3n) is 3.97. The second-order valence-corrected chi connectivity index (χ2v) is 10.3. The normalized spacial score (nSPS) is 12.1. The molecule has 0 aliphatic heterocycles. The van der Waals surface area contributed by atoms with Crippen molar-refractivity contribution in [1.82, 2.24) is 15.5 Å². The monoisotopic (exact) mass is 524 g/mol. The van der Waals surface area contributed by atoms with Gasteiger partial charge in [0.05, 0.1) is 17.0 Å². The first-order chi connectivity index (χ1) is 12.5. The molecule has 28 heavy (non-hydrogen) atoms. The molecule has 0 unspecified atom stereocenters. The molecule has 0 fully saturated rings. The zero-order valence-corrected chi connectivity index (χ0v) is 20.7. The molecule has 0 saturated heterocycles. The number of hydrogen-bond donors (Lipinski definition) is 2. The predicted molar refractivity (Wildman–Crippen MR) is 126 cm³/mol. The first-order valence-corrected chi connectivity index (χ1v) is 10.7. The number of carbonyl (C=O) groups is 1. The number of benzene rings is 1. The summed E-state index contributed by atoms with van der Waals surface area (Å²) in [5.74, 6) is 0.567. The van der Waals surface area contributed by atoms with Crippen molar-refractivity contribution < 1.29 is 13.2 Å². The second-order valence-electron chi connectivity index (χ2n) is 7.45. The summed E-state index contributed by atoms with van der Waals surface area (Å²) in [5.41, 5.74) is 1.59. The first kappa shape index (κ1) is 26.6. The molecule has 9 heteroatoms.